The lowest BCUT2D eigenvalue weighted by molar-refractivity contribution is 0.0729. The molecule has 0 aliphatic carbocycles. The largest absolute Gasteiger partial charge is 0.507 e. The highest BCUT2D eigenvalue weighted by Gasteiger charge is 2.43. The van der Waals surface area contributed by atoms with Gasteiger partial charge >= 0.3 is 0 Å². The molecular weight excluding hydrogens is 468 g/mol. The van der Waals surface area contributed by atoms with Crippen molar-refractivity contribution in [1.82, 2.24) is 20.1 Å². The average molecular weight is 491 g/mol. The van der Waals surface area contributed by atoms with Gasteiger partial charge in [0.15, 0.2) is 11.5 Å². The van der Waals surface area contributed by atoms with Gasteiger partial charge in [-0.15, -0.1) is 0 Å². The van der Waals surface area contributed by atoms with Gasteiger partial charge in [-0.05, 0) is 60.9 Å². The van der Waals surface area contributed by atoms with Crippen LogP contribution in [-0.2, 0) is 6.54 Å². The monoisotopic (exact) mass is 490 g/mol. The van der Waals surface area contributed by atoms with Crippen LogP contribution in [0.25, 0.3) is 11.3 Å². The third-order valence-electron chi connectivity index (χ3n) is 6.07. The Balaban J connectivity index is 1.69. The number of aromatic hydroxyl groups is 2. The number of H-pyrrole nitrogens is 1. The first-order valence-corrected chi connectivity index (χ1v) is 11.5. The molecule has 0 saturated carbocycles. The van der Waals surface area contributed by atoms with Crippen LogP contribution in [0.5, 0.6) is 17.2 Å². The molecule has 0 fully saturated rings. The zero-order valence-corrected chi connectivity index (χ0v) is 19.9. The Morgan fingerprint density at radius 1 is 1.17 bits per heavy atom. The van der Waals surface area contributed by atoms with Crippen molar-refractivity contribution in [2.45, 2.75) is 26.4 Å². The molecular formula is C26H23ClN4O4. The summed E-state index contributed by atoms with van der Waals surface area (Å²) in [5.41, 5.74) is 4.10. The number of nitrogens with zero attached hydrogens (tertiary/aromatic N) is 3. The molecule has 4 aromatic rings. The number of fused-ring (bicyclic) bond motifs is 1. The van der Waals surface area contributed by atoms with E-state index >= 15 is 0 Å². The number of aromatic amines is 1. The van der Waals surface area contributed by atoms with E-state index in [1.807, 2.05) is 19.1 Å². The summed E-state index contributed by atoms with van der Waals surface area (Å²) in [5, 5.41) is 28.7. The van der Waals surface area contributed by atoms with Crippen molar-refractivity contribution >= 4 is 17.5 Å². The summed E-state index contributed by atoms with van der Waals surface area (Å²) >= 11 is 6.37. The van der Waals surface area contributed by atoms with E-state index < -0.39 is 6.04 Å². The van der Waals surface area contributed by atoms with E-state index in [4.69, 9.17) is 16.3 Å². The number of hydrogen-bond acceptors (Lipinski definition) is 6. The second kappa shape index (κ2) is 8.96. The summed E-state index contributed by atoms with van der Waals surface area (Å²) in [7, 11) is 0. The highest BCUT2D eigenvalue weighted by Crippen LogP contribution is 2.47. The number of aromatic nitrogens is 3. The van der Waals surface area contributed by atoms with Gasteiger partial charge in [-0.2, -0.15) is 5.10 Å². The summed E-state index contributed by atoms with van der Waals surface area (Å²) in [6, 6.07) is 11.4. The van der Waals surface area contributed by atoms with Crippen molar-refractivity contribution in [3.05, 3.63) is 87.8 Å². The number of hydrogen-bond donors (Lipinski definition) is 3. The second-order valence-electron chi connectivity index (χ2n) is 8.34. The predicted molar refractivity (Wildman–Crippen MR) is 131 cm³/mol. The van der Waals surface area contributed by atoms with Crippen molar-refractivity contribution in [2.75, 3.05) is 6.61 Å². The maximum atomic E-state index is 13.6. The summed E-state index contributed by atoms with van der Waals surface area (Å²) < 4.78 is 5.61. The minimum atomic E-state index is -0.564. The standard InChI is InChI=1S/C26H23ClN4O4/c1-3-35-21-10-16(6-7-19(21)32)25-22-23(17-11-18(27)14(2)9-20(17)33)29-30-24(22)26(34)31(25)13-15-5-4-8-28-12-15/h4-12,25,32-33H,3,13H2,1-2H3,(H,29,30). The minimum Gasteiger partial charge on any atom is -0.507 e. The lowest BCUT2D eigenvalue weighted by Crippen LogP contribution is -2.29. The highest BCUT2D eigenvalue weighted by atomic mass is 35.5. The zero-order valence-electron chi connectivity index (χ0n) is 19.1. The lowest BCUT2D eigenvalue weighted by atomic mass is 9.95. The number of aryl methyl sites for hydroxylation is 1. The van der Waals surface area contributed by atoms with Gasteiger partial charge in [0.1, 0.15) is 17.1 Å². The first kappa shape index (κ1) is 22.7. The third kappa shape index (κ3) is 3.95. The number of rotatable bonds is 6. The van der Waals surface area contributed by atoms with Gasteiger partial charge in [-0.1, -0.05) is 23.7 Å². The van der Waals surface area contributed by atoms with Gasteiger partial charge in [0, 0.05) is 35.1 Å². The molecule has 35 heavy (non-hydrogen) atoms. The topological polar surface area (TPSA) is 112 Å². The van der Waals surface area contributed by atoms with Crippen LogP contribution in [0.2, 0.25) is 5.02 Å². The zero-order chi connectivity index (χ0) is 24.7. The maximum Gasteiger partial charge on any atom is 0.273 e. The molecule has 5 rings (SSSR count). The van der Waals surface area contributed by atoms with Gasteiger partial charge in [-0.3, -0.25) is 14.9 Å². The van der Waals surface area contributed by atoms with E-state index in [0.29, 0.717) is 46.4 Å². The smallest absolute Gasteiger partial charge is 0.273 e. The number of halogens is 1. The molecule has 1 aliphatic heterocycles. The Morgan fingerprint density at radius 2 is 2.00 bits per heavy atom. The first-order valence-electron chi connectivity index (χ1n) is 11.1. The van der Waals surface area contributed by atoms with E-state index in [-0.39, 0.29) is 17.4 Å². The number of amides is 1. The predicted octanol–water partition coefficient (Wildman–Crippen LogP) is 4.99. The summed E-state index contributed by atoms with van der Waals surface area (Å²) in [6.07, 6.45) is 3.39. The Morgan fingerprint density at radius 3 is 2.74 bits per heavy atom. The van der Waals surface area contributed by atoms with Gasteiger partial charge in [0.2, 0.25) is 0 Å². The SMILES string of the molecule is CCOc1cc(C2c3c(-c4cc(Cl)c(C)cc4O)n[nH]c3C(=O)N2Cc2cccnc2)ccc1O. The molecule has 0 radical (unpaired) electrons. The quantitative estimate of drug-likeness (QED) is 0.351. The highest BCUT2D eigenvalue weighted by molar-refractivity contribution is 6.31. The summed E-state index contributed by atoms with van der Waals surface area (Å²) in [6.45, 7) is 4.30. The molecule has 9 heteroatoms. The van der Waals surface area contributed by atoms with E-state index in [2.05, 4.69) is 15.2 Å². The van der Waals surface area contributed by atoms with Crippen LogP contribution in [0.3, 0.4) is 0 Å². The Labute approximate surface area is 206 Å². The molecule has 1 atom stereocenters. The number of ether oxygens (including phenoxy) is 1. The third-order valence-corrected chi connectivity index (χ3v) is 6.48. The number of carbonyl (C=O) groups is 1. The van der Waals surface area contributed by atoms with Crippen LogP contribution in [0.1, 0.15) is 45.7 Å². The fourth-order valence-corrected chi connectivity index (χ4v) is 4.59. The molecule has 178 valence electrons. The number of pyridine rings is 1. The number of nitrogens with one attached hydrogen (secondary N) is 1. The van der Waals surface area contributed by atoms with Gasteiger partial charge in [0.25, 0.3) is 5.91 Å². The molecule has 3 N–H and O–H groups in total. The molecule has 2 aromatic heterocycles. The normalized spacial score (nSPS) is 14.9. The Kier molecular flexibility index (Phi) is 5.82. The second-order valence-corrected chi connectivity index (χ2v) is 8.74. The van der Waals surface area contributed by atoms with Crippen LogP contribution >= 0.6 is 11.6 Å². The van der Waals surface area contributed by atoms with Crippen molar-refractivity contribution in [1.29, 1.82) is 0 Å². The fourth-order valence-electron chi connectivity index (χ4n) is 4.43. The van der Waals surface area contributed by atoms with E-state index in [0.717, 1.165) is 16.7 Å². The maximum absolute atomic E-state index is 13.6. The minimum absolute atomic E-state index is 0.00864. The van der Waals surface area contributed by atoms with Gasteiger partial charge < -0.3 is 19.8 Å². The molecule has 0 bridgehead atoms. The molecule has 0 saturated heterocycles. The van der Waals surface area contributed by atoms with Crippen LogP contribution < -0.4 is 4.74 Å². The summed E-state index contributed by atoms with van der Waals surface area (Å²) in [4.78, 5) is 19.5. The van der Waals surface area contributed by atoms with Crippen molar-refractivity contribution in [3.63, 3.8) is 0 Å². The van der Waals surface area contributed by atoms with Crippen molar-refractivity contribution in [2.24, 2.45) is 0 Å². The molecule has 1 amide bonds. The van der Waals surface area contributed by atoms with Crippen LogP contribution in [0, 0.1) is 6.92 Å². The summed E-state index contributed by atoms with van der Waals surface area (Å²) in [5.74, 6) is 0.1000. The van der Waals surface area contributed by atoms with Crippen molar-refractivity contribution < 1.29 is 19.7 Å². The molecule has 1 unspecified atom stereocenters. The average Bonchev–Trinajstić information content (AvgIpc) is 3.38. The molecule has 1 aliphatic rings. The fraction of sp³-hybridized carbons (Fsp3) is 0.192. The van der Waals surface area contributed by atoms with Gasteiger partial charge in [-0.25, -0.2) is 0 Å². The first-order chi connectivity index (χ1) is 16.9. The number of carbonyl (C=O) groups excluding carboxylic acids is 1. The van der Waals surface area contributed by atoms with Crippen LogP contribution in [0.4, 0.5) is 0 Å². The lowest BCUT2D eigenvalue weighted by Gasteiger charge is -2.27. The Bertz CT molecular complexity index is 1420. The number of benzene rings is 2. The van der Waals surface area contributed by atoms with Crippen LogP contribution in [0.15, 0.2) is 54.9 Å². The van der Waals surface area contributed by atoms with Crippen LogP contribution in [-0.4, -0.2) is 42.8 Å². The Hall–Kier alpha value is -4.04. The molecule has 8 nitrogen and oxygen atoms in total. The number of phenolic OH excluding ortho intramolecular Hbond substituents is 2. The molecule has 0 spiro atoms. The van der Waals surface area contributed by atoms with Crippen molar-refractivity contribution in [3.8, 4) is 28.5 Å². The molecule has 3 heterocycles. The van der Waals surface area contributed by atoms with Gasteiger partial charge in [0.05, 0.1) is 12.6 Å². The number of phenols is 2. The van der Waals surface area contributed by atoms with E-state index in [9.17, 15) is 15.0 Å². The van der Waals surface area contributed by atoms with E-state index in [1.54, 1.807) is 54.5 Å². The molecule has 2 aromatic carbocycles. The van der Waals surface area contributed by atoms with E-state index in [1.165, 1.54) is 0 Å².